The first kappa shape index (κ1) is 45.9. The Labute approximate surface area is 376 Å². The number of carbonyl (C=O) groups excluding carboxylic acids is 1. The van der Waals surface area contributed by atoms with E-state index in [-0.39, 0.29) is 59.9 Å². The summed E-state index contributed by atoms with van der Waals surface area (Å²) in [6.07, 6.45) is 3.84. The highest BCUT2D eigenvalue weighted by Gasteiger charge is 2.50. The summed E-state index contributed by atoms with van der Waals surface area (Å²) in [7, 11) is -0.816. The second-order valence-corrected chi connectivity index (χ2v) is 25.8. The second-order valence-electron chi connectivity index (χ2n) is 20.2. The number of amides is 1. The van der Waals surface area contributed by atoms with E-state index in [2.05, 4.69) is 62.8 Å². The van der Waals surface area contributed by atoms with Crippen LogP contribution in [0.25, 0.3) is 32.9 Å². The van der Waals surface area contributed by atoms with E-state index in [0.717, 1.165) is 32.2 Å². The maximum Gasteiger partial charge on any atom is 0.410 e. The van der Waals surface area contributed by atoms with E-state index in [9.17, 15) is 9.18 Å². The molecule has 4 aromatic rings. The standard InChI is InChI=1S/C49H63F3N6O5Si/c1-29(2)64(30(3)4,31(5)6)19-16-37-40(51)15-12-32-20-36(62-28-60-10)21-38(41(32)37)43-42(52)44-39(23-53-43)45(55-46(54-44)61-27-49-17-11-18-57(49)24-33(50)22-49)56-25-34-13-14-35(26-56)58(34)47(59)63-48(7,8)9/h12,15,20-21,23,29-31,33-35H,11,13-14,17-18,22,24-28H2,1-10H3/t33-,34?,35?,49+/m0/s1. The zero-order chi connectivity index (χ0) is 45.9. The van der Waals surface area contributed by atoms with Gasteiger partial charge in [0.15, 0.2) is 12.6 Å². The first-order valence-corrected chi connectivity index (χ1v) is 25.1. The summed E-state index contributed by atoms with van der Waals surface area (Å²) in [6, 6.07) is 6.09. The van der Waals surface area contributed by atoms with Gasteiger partial charge in [0.1, 0.15) is 55.0 Å². The molecule has 2 aromatic carbocycles. The van der Waals surface area contributed by atoms with E-state index in [1.807, 2.05) is 25.7 Å². The molecule has 15 heteroatoms. The molecular weight excluding hydrogens is 838 g/mol. The van der Waals surface area contributed by atoms with Crippen LogP contribution in [0, 0.1) is 23.1 Å². The molecule has 0 aliphatic carbocycles. The predicted molar refractivity (Wildman–Crippen MR) is 246 cm³/mol. The monoisotopic (exact) mass is 900 g/mol. The Morgan fingerprint density at radius 3 is 2.34 bits per heavy atom. The molecule has 11 nitrogen and oxygen atoms in total. The summed E-state index contributed by atoms with van der Waals surface area (Å²) in [5.74, 6) is 2.86. The average Bonchev–Trinajstić information content (AvgIpc) is 3.85. The molecule has 6 heterocycles. The van der Waals surface area contributed by atoms with E-state index in [4.69, 9.17) is 33.9 Å². The number of ether oxygens (including phenoxy) is 4. The van der Waals surface area contributed by atoms with Crippen LogP contribution in [0.5, 0.6) is 11.8 Å². The Bertz CT molecular complexity index is 2450. The summed E-state index contributed by atoms with van der Waals surface area (Å²) in [5.41, 5.74) is 3.77. The minimum Gasteiger partial charge on any atom is -0.468 e. The highest BCUT2D eigenvalue weighted by atomic mass is 28.3. The summed E-state index contributed by atoms with van der Waals surface area (Å²) >= 11 is 0. The van der Waals surface area contributed by atoms with Gasteiger partial charge < -0.3 is 23.8 Å². The van der Waals surface area contributed by atoms with Gasteiger partial charge in [-0.15, -0.1) is 5.54 Å². The Balaban J connectivity index is 1.29. The minimum atomic E-state index is -2.33. The molecule has 4 fully saturated rings. The molecule has 4 saturated heterocycles. The van der Waals surface area contributed by atoms with Crippen molar-refractivity contribution in [1.82, 2.24) is 24.8 Å². The number of hydrogen-bond donors (Lipinski definition) is 0. The first-order chi connectivity index (χ1) is 30.4. The molecule has 0 N–H and O–H groups in total. The van der Waals surface area contributed by atoms with Crippen LogP contribution in [0.2, 0.25) is 16.6 Å². The van der Waals surface area contributed by atoms with E-state index < -0.39 is 37.0 Å². The molecule has 4 atom stereocenters. The summed E-state index contributed by atoms with van der Waals surface area (Å²) < 4.78 is 72.5. The fraction of sp³-hybridized carbons (Fsp3) is 0.592. The zero-order valence-corrected chi connectivity index (χ0v) is 40.0. The number of fused-ring (bicyclic) bond motifs is 5. The van der Waals surface area contributed by atoms with Crippen LogP contribution in [0.15, 0.2) is 30.5 Å². The van der Waals surface area contributed by atoms with Gasteiger partial charge in [-0.1, -0.05) is 53.5 Å². The number of aromatic nitrogens is 3. The number of halogens is 3. The van der Waals surface area contributed by atoms with Crippen molar-refractivity contribution in [3.05, 3.63) is 47.7 Å². The lowest BCUT2D eigenvalue weighted by Crippen LogP contribution is -2.57. The maximum atomic E-state index is 17.9. The van der Waals surface area contributed by atoms with Gasteiger partial charge in [-0.25, -0.2) is 18.0 Å². The molecule has 8 rings (SSSR count). The van der Waals surface area contributed by atoms with Crippen LogP contribution in [0.4, 0.5) is 23.8 Å². The number of methoxy groups -OCH3 is 1. The SMILES string of the molecule is COCOc1cc(-c2ncc3c(N4CC5CCC(C4)N5C(=O)OC(C)(C)C)nc(OC[C@]45CCCN4C[C@@H](F)C5)nc3c2F)c2c(C#C[Si](C(C)C)(C(C)C)C(C)C)c(F)ccc2c1. The largest absolute Gasteiger partial charge is 0.468 e. The van der Waals surface area contributed by atoms with Gasteiger partial charge in [-0.2, -0.15) is 9.97 Å². The normalized spacial score (nSPS) is 22.5. The van der Waals surface area contributed by atoms with Crippen LogP contribution in [-0.2, 0) is 9.47 Å². The molecule has 2 unspecified atom stereocenters. The van der Waals surface area contributed by atoms with Gasteiger partial charge >= 0.3 is 12.1 Å². The van der Waals surface area contributed by atoms with Gasteiger partial charge in [0, 0.05) is 50.3 Å². The number of hydrogen-bond acceptors (Lipinski definition) is 10. The van der Waals surface area contributed by atoms with Crippen LogP contribution < -0.4 is 14.4 Å². The molecule has 2 aromatic heterocycles. The lowest BCUT2D eigenvalue weighted by Gasteiger charge is -2.42. The van der Waals surface area contributed by atoms with Crippen LogP contribution in [0.3, 0.4) is 0 Å². The molecule has 344 valence electrons. The number of carbonyl (C=O) groups is 1. The van der Waals surface area contributed by atoms with Gasteiger partial charge in [0.2, 0.25) is 0 Å². The van der Waals surface area contributed by atoms with E-state index in [1.165, 1.54) is 13.2 Å². The molecule has 4 aliphatic rings. The van der Waals surface area contributed by atoms with Gasteiger partial charge in [0.05, 0.1) is 28.6 Å². The smallest absolute Gasteiger partial charge is 0.410 e. The molecule has 0 spiro atoms. The van der Waals surface area contributed by atoms with Crippen molar-refractivity contribution in [2.24, 2.45) is 0 Å². The van der Waals surface area contributed by atoms with Gasteiger partial charge in [0.25, 0.3) is 0 Å². The quantitative estimate of drug-likeness (QED) is 0.0821. The number of nitrogens with zero attached hydrogens (tertiary/aromatic N) is 6. The summed E-state index contributed by atoms with van der Waals surface area (Å²) in [6.45, 7) is 20.8. The van der Waals surface area contributed by atoms with Crippen molar-refractivity contribution >= 4 is 41.7 Å². The number of rotatable bonds is 11. The molecular formula is C49H63F3N6O5Si. The molecule has 1 amide bonds. The summed E-state index contributed by atoms with van der Waals surface area (Å²) in [4.78, 5) is 33.9. The van der Waals surface area contributed by atoms with Crippen molar-refractivity contribution in [3.63, 3.8) is 0 Å². The van der Waals surface area contributed by atoms with Gasteiger partial charge in [-0.3, -0.25) is 14.8 Å². The second kappa shape index (κ2) is 17.6. The summed E-state index contributed by atoms with van der Waals surface area (Å²) in [5, 5.41) is 1.36. The fourth-order valence-corrected chi connectivity index (χ4v) is 16.6. The number of benzene rings is 2. The first-order valence-electron chi connectivity index (χ1n) is 22.9. The number of piperazine rings is 1. The number of anilines is 1. The van der Waals surface area contributed by atoms with E-state index in [1.54, 1.807) is 24.4 Å². The third kappa shape index (κ3) is 8.39. The Hall–Kier alpha value is -4.65. The number of pyridine rings is 1. The van der Waals surface area contributed by atoms with Crippen molar-refractivity contribution in [1.29, 1.82) is 0 Å². The third-order valence-electron chi connectivity index (χ3n) is 14.2. The zero-order valence-electron chi connectivity index (χ0n) is 39.0. The van der Waals surface area contributed by atoms with Crippen molar-refractivity contribution in [2.45, 2.75) is 140 Å². The van der Waals surface area contributed by atoms with Crippen molar-refractivity contribution in [3.8, 4) is 34.5 Å². The average molecular weight is 901 g/mol. The van der Waals surface area contributed by atoms with Crippen LogP contribution >= 0.6 is 0 Å². The van der Waals surface area contributed by atoms with Crippen molar-refractivity contribution in [2.75, 3.05) is 51.6 Å². The predicted octanol–water partition coefficient (Wildman–Crippen LogP) is 10.2. The molecule has 64 heavy (non-hydrogen) atoms. The Kier molecular flexibility index (Phi) is 12.6. The lowest BCUT2D eigenvalue weighted by atomic mass is 9.95. The number of alkyl halides is 1. The maximum absolute atomic E-state index is 17.9. The topological polar surface area (TPSA) is 102 Å². The van der Waals surface area contributed by atoms with Crippen molar-refractivity contribution < 1.29 is 36.9 Å². The highest BCUT2D eigenvalue weighted by Crippen LogP contribution is 2.44. The Morgan fingerprint density at radius 1 is 0.984 bits per heavy atom. The highest BCUT2D eigenvalue weighted by molar-refractivity contribution is 6.90. The molecule has 4 aliphatic heterocycles. The third-order valence-corrected chi connectivity index (χ3v) is 20.5. The van der Waals surface area contributed by atoms with Crippen LogP contribution in [-0.4, -0.2) is 115 Å². The lowest BCUT2D eigenvalue weighted by molar-refractivity contribution is 0.0122. The van der Waals surface area contributed by atoms with E-state index in [0.29, 0.717) is 70.4 Å². The molecule has 2 bridgehead atoms. The minimum absolute atomic E-state index is 0.0336. The Morgan fingerprint density at radius 2 is 1.69 bits per heavy atom. The van der Waals surface area contributed by atoms with Crippen LogP contribution in [0.1, 0.15) is 100.0 Å². The molecule has 0 saturated carbocycles. The van der Waals surface area contributed by atoms with Gasteiger partial charge in [-0.05, 0) is 93.2 Å². The molecule has 0 radical (unpaired) electrons. The fourth-order valence-electron chi connectivity index (χ4n) is 11.4. The van der Waals surface area contributed by atoms with E-state index >= 15 is 8.78 Å².